The molecular formula is C51H36N4S2. The fourth-order valence-corrected chi connectivity index (χ4v) is 12.0. The highest BCUT2D eigenvalue weighted by molar-refractivity contribution is 7.27. The summed E-state index contributed by atoms with van der Waals surface area (Å²) in [5.41, 5.74) is 8.67. The van der Waals surface area contributed by atoms with Gasteiger partial charge in [-0.2, -0.15) is 0 Å². The number of hydrogen-bond donors (Lipinski definition) is 1. The summed E-state index contributed by atoms with van der Waals surface area (Å²) in [6.07, 6.45) is 13.8. The van der Waals surface area contributed by atoms with Gasteiger partial charge in [-0.15, -0.1) is 22.7 Å². The van der Waals surface area contributed by atoms with Crippen LogP contribution in [0.1, 0.15) is 31.0 Å². The van der Waals surface area contributed by atoms with Gasteiger partial charge in [0, 0.05) is 63.5 Å². The Balaban J connectivity index is 1.05. The monoisotopic (exact) mass is 768 g/mol. The minimum absolute atomic E-state index is 0.183. The van der Waals surface area contributed by atoms with Gasteiger partial charge in [0.05, 0.1) is 21.4 Å². The maximum atomic E-state index is 5.33. The van der Waals surface area contributed by atoms with Crippen LogP contribution in [0, 0.1) is 5.92 Å². The Kier molecular flexibility index (Phi) is 7.57. The van der Waals surface area contributed by atoms with Gasteiger partial charge < -0.3 is 9.88 Å². The van der Waals surface area contributed by atoms with E-state index in [2.05, 4.69) is 174 Å². The third kappa shape index (κ3) is 5.17. The Hall–Kier alpha value is -6.34. The number of nitrogens with zero attached hydrogens (tertiary/aromatic N) is 3. The number of aromatic nitrogens is 1. The van der Waals surface area contributed by atoms with Crippen molar-refractivity contribution in [3.05, 3.63) is 173 Å². The van der Waals surface area contributed by atoms with Crippen molar-refractivity contribution in [2.24, 2.45) is 15.9 Å². The first-order valence-corrected chi connectivity index (χ1v) is 21.4. The van der Waals surface area contributed by atoms with Gasteiger partial charge in [-0.05, 0) is 48.2 Å². The number of benzene rings is 6. The van der Waals surface area contributed by atoms with E-state index in [4.69, 9.17) is 9.98 Å². The number of amidine groups is 2. The summed E-state index contributed by atoms with van der Waals surface area (Å²) in [5.74, 6) is 2.07. The highest BCUT2D eigenvalue weighted by Gasteiger charge is 2.27. The molecule has 272 valence electrons. The van der Waals surface area contributed by atoms with Gasteiger partial charge in [-0.1, -0.05) is 146 Å². The van der Waals surface area contributed by atoms with Crippen LogP contribution in [-0.4, -0.2) is 16.2 Å². The third-order valence-electron chi connectivity index (χ3n) is 11.9. The quantitative estimate of drug-likeness (QED) is 0.186. The van der Waals surface area contributed by atoms with Crippen LogP contribution in [0.5, 0.6) is 0 Å². The number of para-hydroxylation sites is 2. The number of fused-ring (bicyclic) bond motifs is 9. The van der Waals surface area contributed by atoms with E-state index in [9.17, 15) is 0 Å². The molecule has 0 saturated carbocycles. The topological polar surface area (TPSA) is 41.7 Å². The van der Waals surface area contributed by atoms with Crippen molar-refractivity contribution in [1.29, 1.82) is 0 Å². The zero-order valence-corrected chi connectivity index (χ0v) is 32.7. The molecule has 4 heterocycles. The summed E-state index contributed by atoms with van der Waals surface area (Å²) in [6.45, 7) is 0. The van der Waals surface area contributed by atoms with E-state index in [0.717, 1.165) is 36.5 Å². The number of rotatable bonds is 5. The summed E-state index contributed by atoms with van der Waals surface area (Å²) < 4.78 is 7.72. The molecule has 2 atom stereocenters. The predicted octanol–water partition coefficient (Wildman–Crippen LogP) is 12.0. The first kappa shape index (κ1) is 32.9. The Morgan fingerprint density at radius 1 is 0.614 bits per heavy atom. The normalized spacial score (nSPS) is 17.9. The Morgan fingerprint density at radius 3 is 2.04 bits per heavy atom. The van der Waals surface area contributed by atoms with Crippen LogP contribution in [0.25, 0.3) is 80.5 Å². The molecule has 2 unspecified atom stereocenters. The maximum absolute atomic E-state index is 5.33. The highest BCUT2D eigenvalue weighted by Crippen LogP contribution is 2.45. The van der Waals surface area contributed by atoms with E-state index in [1.165, 1.54) is 84.2 Å². The van der Waals surface area contributed by atoms with Gasteiger partial charge in [0.25, 0.3) is 0 Å². The Labute approximate surface area is 337 Å². The average molecular weight is 769 g/mol. The maximum Gasteiger partial charge on any atom is 0.156 e. The van der Waals surface area contributed by atoms with Crippen molar-refractivity contribution in [1.82, 2.24) is 9.88 Å². The molecule has 1 aliphatic heterocycles. The molecule has 9 aromatic rings. The number of nitrogens with one attached hydrogen (secondary N) is 1. The van der Waals surface area contributed by atoms with Gasteiger partial charge in [-0.25, -0.2) is 9.98 Å². The summed E-state index contributed by atoms with van der Waals surface area (Å²) in [6, 6.07) is 48.7. The second kappa shape index (κ2) is 13.1. The molecular weight excluding hydrogens is 733 g/mol. The van der Waals surface area contributed by atoms with Gasteiger partial charge in [-0.3, -0.25) is 0 Å². The lowest BCUT2D eigenvalue weighted by molar-refractivity contribution is 0.643. The molecule has 0 saturated heterocycles. The summed E-state index contributed by atoms with van der Waals surface area (Å²) in [4.78, 5) is 10.6. The molecule has 0 amide bonds. The largest absolute Gasteiger partial charge is 0.348 e. The summed E-state index contributed by atoms with van der Waals surface area (Å²) >= 11 is 3.83. The third-order valence-corrected chi connectivity index (χ3v) is 14.5. The lowest BCUT2D eigenvalue weighted by Crippen LogP contribution is -2.38. The van der Waals surface area contributed by atoms with Gasteiger partial charge in [0.15, 0.2) is 5.84 Å². The number of aliphatic imine (C=N–C) groups is 2. The molecule has 0 fully saturated rings. The molecule has 6 aromatic carbocycles. The number of thiophene rings is 2. The molecule has 57 heavy (non-hydrogen) atoms. The van der Waals surface area contributed by atoms with Crippen molar-refractivity contribution in [2.75, 3.05) is 0 Å². The van der Waals surface area contributed by atoms with Crippen molar-refractivity contribution < 1.29 is 0 Å². The van der Waals surface area contributed by atoms with Crippen LogP contribution in [0.4, 0.5) is 0 Å². The summed E-state index contributed by atoms with van der Waals surface area (Å²) in [5, 5.41) is 11.5. The fourth-order valence-electron chi connectivity index (χ4n) is 9.22. The lowest BCUT2D eigenvalue weighted by Gasteiger charge is -2.27. The van der Waals surface area contributed by atoms with Gasteiger partial charge >= 0.3 is 0 Å². The van der Waals surface area contributed by atoms with E-state index in [1.54, 1.807) is 0 Å². The minimum Gasteiger partial charge on any atom is -0.348 e. The SMILES string of the molecule is C1=CCC(C2=NC(C3=c4sc5c(-c6cccc7c6sc6c(-n8c9ccccc9c9ccccc98)cccc67)cccc5c4=CCC3)=NC(c3ccccc3)N2)C=C1. The molecule has 6 heteroatoms. The Morgan fingerprint density at radius 2 is 1.28 bits per heavy atom. The van der Waals surface area contributed by atoms with Crippen molar-refractivity contribution in [3.63, 3.8) is 0 Å². The highest BCUT2D eigenvalue weighted by atomic mass is 32.1. The van der Waals surface area contributed by atoms with Crippen LogP contribution in [0.15, 0.2) is 168 Å². The summed E-state index contributed by atoms with van der Waals surface area (Å²) in [7, 11) is 0. The van der Waals surface area contributed by atoms with E-state index in [-0.39, 0.29) is 12.1 Å². The molecule has 12 rings (SSSR count). The minimum atomic E-state index is -0.183. The van der Waals surface area contributed by atoms with Crippen molar-refractivity contribution in [3.8, 4) is 16.8 Å². The predicted molar refractivity (Wildman–Crippen MR) is 244 cm³/mol. The first-order valence-electron chi connectivity index (χ1n) is 19.8. The van der Waals surface area contributed by atoms with E-state index in [1.807, 2.05) is 22.7 Å². The smallest absolute Gasteiger partial charge is 0.156 e. The Bertz CT molecular complexity index is 3320. The second-order valence-corrected chi connectivity index (χ2v) is 17.2. The van der Waals surface area contributed by atoms with Crippen LogP contribution < -0.4 is 15.1 Å². The zero-order chi connectivity index (χ0) is 37.5. The van der Waals surface area contributed by atoms with Crippen LogP contribution in [-0.2, 0) is 0 Å². The van der Waals surface area contributed by atoms with Gasteiger partial charge in [0.1, 0.15) is 12.0 Å². The van der Waals surface area contributed by atoms with Crippen molar-refractivity contribution in [2.45, 2.75) is 25.4 Å². The molecule has 0 radical (unpaired) electrons. The standard InChI is InChI=1S/C51H36N4S2/c1-3-15-31(16-4-1)49-52-50(32-17-5-2-6-18-32)54-51(53-49)41-27-13-25-38-37-23-11-21-35(45(37)56-47(38)41)36-22-12-24-39-40-26-14-30-44(48(40)57-46(36)39)55-42-28-9-7-19-33(42)34-20-8-10-29-43(34)55/h1-12,14-17,19-26,28-30,32,49H,13,18,27H2,(H,52,53,54). The molecule has 0 spiro atoms. The van der Waals surface area contributed by atoms with Crippen LogP contribution >= 0.6 is 22.7 Å². The first-order chi connectivity index (χ1) is 28.3. The van der Waals surface area contributed by atoms with Crippen molar-refractivity contribution >= 4 is 98.1 Å². The van der Waals surface area contributed by atoms with E-state index < -0.39 is 0 Å². The zero-order valence-electron chi connectivity index (χ0n) is 31.0. The lowest BCUT2D eigenvalue weighted by atomic mass is 9.97. The molecule has 3 aliphatic rings. The van der Waals surface area contributed by atoms with Gasteiger partial charge in [0.2, 0.25) is 0 Å². The molecule has 0 bridgehead atoms. The van der Waals surface area contributed by atoms with E-state index in [0.29, 0.717) is 0 Å². The average Bonchev–Trinajstić information content (AvgIpc) is 3.97. The molecule has 1 N–H and O–H groups in total. The fraction of sp³-hybridized carbons (Fsp3) is 0.0980. The van der Waals surface area contributed by atoms with Crippen LogP contribution in [0.2, 0.25) is 0 Å². The molecule has 4 nitrogen and oxygen atoms in total. The molecule has 2 aliphatic carbocycles. The number of hydrogen-bond acceptors (Lipinski definition) is 5. The second-order valence-electron chi connectivity index (χ2n) is 15.1. The van der Waals surface area contributed by atoms with Crippen LogP contribution in [0.3, 0.4) is 0 Å². The molecule has 3 aromatic heterocycles. The van der Waals surface area contributed by atoms with E-state index >= 15 is 0 Å². The number of allylic oxidation sites excluding steroid dienone is 3.